The third-order valence-corrected chi connectivity index (χ3v) is 3.64. The van der Waals surface area contributed by atoms with Gasteiger partial charge in [0.25, 0.3) is 0 Å². The molecule has 0 saturated heterocycles. The molecule has 0 saturated carbocycles. The van der Waals surface area contributed by atoms with Gasteiger partial charge in [-0.05, 0) is 11.6 Å². The average molecular weight is 288 g/mol. The quantitative estimate of drug-likeness (QED) is 0.886. The SMILES string of the molecule is COc1cc(O)c(C(C)C(O)c2ccccc2)cc1OC. The average Bonchev–Trinajstić information content (AvgIpc) is 2.54. The van der Waals surface area contributed by atoms with Gasteiger partial charge < -0.3 is 19.7 Å². The number of rotatable bonds is 5. The molecule has 4 heteroatoms. The molecule has 21 heavy (non-hydrogen) atoms. The van der Waals surface area contributed by atoms with E-state index in [0.717, 1.165) is 5.56 Å². The van der Waals surface area contributed by atoms with Crippen LogP contribution in [-0.2, 0) is 0 Å². The van der Waals surface area contributed by atoms with Crippen LogP contribution in [0.1, 0.15) is 30.1 Å². The van der Waals surface area contributed by atoms with E-state index in [1.165, 1.54) is 20.3 Å². The Morgan fingerprint density at radius 3 is 2.10 bits per heavy atom. The van der Waals surface area contributed by atoms with Gasteiger partial charge in [0.2, 0.25) is 0 Å². The highest BCUT2D eigenvalue weighted by Gasteiger charge is 2.23. The predicted molar refractivity (Wildman–Crippen MR) is 81.0 cm³/mol. The van der Waals surface area contributed by atoms with Crippen molar-refractivity contribution in [2.75, 3.05) is 14.2 Å². The van der Waals surface area contributed by atoms with Crippen LogP contribution in [0.2, 0.25) is 0 Å². The summed E-state index contributed by atoms with van der Waals surface area (Å²) < 4.78 is 10.4. The minimum atomic E-state index is -0.713. The van der Waals surface area contributed by atoms with Crippen molar-refractivity contribution in [1.29, 1.82) is 0 Å². The zero-order valence-electron chi connectivity index (χ0n) is 12.4. The molecular weight excluding hydrogens is 268 g/mol. The number of aliphatic hydroxyl groups is 1. The molecule has 0 radical (unpaired) electrons. The molecule has 0 amide bonds. The maximum Gasteiger partial charge on any atom is 0.164 e. The summed E-state index contributed by atoms with van der Waals surface area (Å²) in [6, 6.07) is 12.6. The summed E-state index contributed by atoms with van der Waals surface area (Å²) in [6.45, 7) is 1.86. The minimum absolute atomic E-state index is 0.0788. The van der Waals surface area contributed by atoms with E-state index in [1.807, 2.05) is 37.3 Å². The first-order valence-corrected chi connectivity index (χ1v) is 6.76. The van der Waals surface area contributed by atoms with Gasteiger partial charge in [0.15, 0.2) is 11.5 Å². The second-order valence-electron chi connectivity index (χ2n) is 4.91. The smallest absolute Gasteiger partial charge is 0.164 e. The molecule has 2 aromatic carbocycles. The predicted octanol–water partition coefficient (Wildman–Crippen LogP) is 3.25. The first kappa shape index (κ1) is 15.2. The zero-order valence-corrected chi connectivity index (χ0v) is 12.4. The Morgan fingerprint density at radius 2 is 1.52 bits per heavy atom. The van der Waals surface area contributed by atoms with E-state index in [2.05, 4.69) is 0 Å². The summed E-state index contributed by atoms with van der Waals surface area (Å²) >= 11 is 0. The maximum atomic E-state index is 10.5. The second kappa shape index (κ2) is 6.50. The van der Waals surface area contributed by atoms with Crippen molar-refractivity contribution in [3.8, 4) is 17.2 Å². The summed E-state index contributed by atoms with van der Waals surface area (Å²) in [5.74, 6) is 0.778. The van der Waals surface area contributed by atoms with Crippen molar-refractivity contribution in [3.63, 3.8) is 0 Å². The van der Waals surface area contributed by atoms with Crippen LogP contribution in [0.15, 0.2) is 42.5 Å². The molecule has 2 aromatic rings. The topological polar surface area (TPSA) is 58.9 Å². The van der Waals surface area contributed by atoms with Crippen LogP contribution in [0.5, 0.6) is 17.2 Å². The van der Waals surface area contributed by atoms with Crippen LogP contribution in [0, 0.1) is 0 Å². The van der Waals surface area contributed by atoms with Crippen molar-refractivity contribution in [3.05, 3.63) is 53.6 Å². The monoisotopic (exact) mass is 288 g/mol. The number of ether oxygens (including phenoxy) is 2. The molecular formula is C17H20O4. The lowest BCUT2D eigenvalue weighted by Gasteiger charge is -2.22. The van der Waals surface area contributed by atoms with Crippen molar-refractivity contribution >= 4 is 0 Å². The summed E-state index contributed by atoms with van der Waals surface area (Å²) in [4.78, 5) is 0. The van der Waals surface area contributed by atoms with Gasteiger partial charge in [-0.15, -0.1) is 0 Å². The van der Waals surface area contributed by atoms with Crippen LogP contribution in [0.3, 0.4) is 0 Å². The number of hydrogen-bond acceptors (Lipinski definition) is 4. The fraction of sp³-hybridized carbons (Fsp3) is 0.294. The van der Waals surface area contributed by atoms with E-state index in [9.17, 15) is 10.2 Å². The first-order valence-electron chi connectivity index (χ1n) is 6.76. The normalized spacial score (nSPS) is 13.5. The van der Waals surface area contributed by atoms with E-state index < -0.39 is 6.10 Å². The van der Waals surface area contributed by atoms with Crippen molar-refractivity contribution in [2.45, 2.75) is 18.9 Å². The Morgan fingerprint density at radius 1 is 0.952 bits per heavy atom. The minimum Gasteiger partial charge on any atom is -0.508 e. The number of aromatic hydroxyl groups is 1. The fourth-order valence-electron chi connectivity index (χ4n) is 2.36. The van der Waals surface area contributed by atoms with Gasteiger partial charge in [-0.3, -0.25) is 0 Å². The van der Waals surface area contributed by atoms with E-state index in [0.29, 0.717) is 17.1 Å². The standard InChI is InChI=1S/C17H20O4/c1-11(17(19)12-7-5-4-6-8-12)13-9-15(20-2)16(21-3)10-14(13)18/h4-11,17-19H,1-3H3. The third kappa shape index (κ3) is 3.11. The Hall–Kier alpha value is -2.20. The molecule has 0 fully saturated rings. The molecule has 0 aliphatic rings. The Balaban J connectivity index is 2.37. The molecule has 0 spiro atoms. The van der Waals surface area contributed by atoms with E-state index in [-0.39, 0.29) is 11.7 Å². The summed E-state index contributed by atoms with van der Waals surface area (Å²) in [5, 5.41) is 20.6. The highest BCUT2D eigenvalue weighted by molar-refractivity contribution is 5.51. The molecule has 112 valence electrons. The van der Waals surface area contributed by atoms with Gasteiger partial charge in [-0.2, -0.15) is 0 Å². The molecule has 0 aromatic heterocycles. The van der Waals surface area contributed by atoms with Gasteiger partial charge in [-0.25, -0.2) is 0 Å². The largest absolute Gasteiger partial charge is 0.508 e. The van der Waals surface area contributed by atoms with Crippen molar-refractivity contribution < 1.29 is 19.7 Å². The zero-order chi connectivity index (χ0) is 15.4. The van der Waals surface area contributed by atoms with Gasteiger partial charge >= 0.3 is 0 Å². The van der Waals surface area contributed by atoms with Crippen LogP contribution >= 0.6 is 0 Å². The summed E-state index contributed by atoms with van der Waals surface area (Å²) in [7, 11) is 3.05. The maximum absolute atomic E-state index is 10.5. The summed E-state index contributed by atoms with van der Waals surface area (Å²) in [5.41, 5.74) is 1.42. The van der Waals surface area contributed by atoms with Crippen LogP contribution < -0.4 is 9.47 Å². The lowest BCUT2D eigenvalue weighted by molar-refractivity contribution is 0.150. The molecule has 4 nitrogen and oxygen atoms in total. The van der Waals surface area contributed by atoms with E-state index in [4.69, 9.17) is 9.47 Å². The highest BCUT2D eigenvalue weighted by atomic mass is 16.5. The molecule has 2 N–H and O–H groups in total. The highest BCUT2D eigenvalue weighted by Crippen LogP contribution is 2.41. The first-order chi connectivity index (χ1) is 10.1. The lowest BCUT2D eigenvalue weighted by atomic mass is 9.90. The molecule has 0 aliphatic heterocycles. The summed E-state index contributed by atoms with van der Waals surface area (Å²) in [6.07, 6.45) is -0.713. The van der Waals surface area contributed by atoms with Gasteiger partial charge in [0.1, 0.15) is 5.75 Å². The number of phenolic OH excluding ortho intramolecular Hbond substituents is 1. The fourth-order valence-corrected chi connectivity index (χ4v) is 2.36. The van der Waals surface area contributed by atoms with Crippen LogP contribution in [0.25, 0.3) is 0 Å². The van der Waals surface area contributed by atoms with Crippen LogP contribution in [0.4, 0.5) is 0 Å². The molecule has 2 rings (SSSR count). The number of hydrogen-bond donors (Lipinski definition) is 2. The number of phenols is 1. The molecule has 0 heterocycles. The molecule has 0 aliphatic carbocycles. The van der Waals surface area contributed by atoms with E-state index in [1.54, 1.807) is 6.07 Å². The second-order valence-corrected chi connectivity index (χ2v) is 4.91. The van der Waals surface area contributed by atoms with Crippen molar-refractivity contribution in [1.82, 2.24) is 0 Å². The van der Waals surface area contributed by atoms with E-state index >= 15 is 0 Å². The van der Waals surface area contributed by atoms with Gasteiger partial charge in [0.05, 0.1) is 20.3 Å². The number of methoxy groups -OCH3 is 2. The van der Waals surface area contributed by atoms with Crippen LogP contribution in [-0.4, -0.2) is 24.4 Å². The van der Waals surface area contributed by atoms with Gasteiger partial charge in [-0.1, -0.05) is 37.3 Å². The lowest BCUT2D eigenvalue weighted by Crippen LogP contribution is -2.08. The molecule has 2 unspecified atom stereocenters. The van der Waals surface area contributed by atoms with Crippen molar-refractivity contribution in [2.24, 2.45) is 0 Å². The Kier molecular flexibility index (Phi) is 4.70. The van der Waals surface area contributed by atoms with Gasteiger partial charge in [0, 0.05) is 17.5 Å². The number of aliphatic hydroxyl groups excluding tert-OH is 1. The Labute approximate surface area is 124 Å². The number of benzene rings is 2. The Bertz CT molecular complexity index is 595. The molecule has 0 bridgehead atoms. The molecule has 2 atom stereocenters. The third-order valence-electron chi connectivity index (χ3n) is 3.64.